The number of furan rings is 1. The molecule has 1 unspecified atom stereocenters. The number of fused-ring (bicyclic) bond motifs is 1. The normalized spacial score (nSPS) is 12.9. The third kappa shape index (κ3) is 5.40. The molecular weight excluding hydrogens is 512 g/mol. The maximum atomic E-state index is 13.8. The highest BCUT2D eigenvalue weighted by Gasteiger charge is 2.35. The quantitative estimate of drug-likeness (QED) is 0.233. The van der Waals surface area contributed by atoms with E-state index in [9.17, 15) is 4.79 Å². The summed E-state index contributed by atoms with van der Waals surface area (Å²) in [5.74, 6) is 1.33. The van der Waals surface area contributed by atoms with Crippen molar-refractivity contribution >= 4 is 22.5 Å². The van der Waals surface area contributed by atoms with Crippen LogP contribution in [-0.2, 0) is 18.6 Å². The second kappa shape index (κ2) is 10.8. The Labute approximate surface area is 232 Å². The minimum atomic E-state index is -0.595. The van der Waals surface area contributed by atoms with Crippen molar-refractivity contribution in [3.63, 3.8) is 0 Å². The maximum absolute atomic E-state index is 13.8. The van der Waals surface area contributed by atoms with Crippen LogP contribution in [0.5, 0.6) is 0 Å². The number of aryl methyl sites for hydroxylation is 2. The van der Waals surface area contributed by atoms with Crippen LogP contribution >= 0.6 is 11.6 Å². The van der Waals surface area contributed by atoms with Crippen LogP contribution in [0.1, 0.15) is 67.1 Å². The molecule has 8 nitrogen and oxygen atoms in total. The molecule has 0 amide bonds. The van der Waals surface area contributed by atoms with Crippen LogP contribution in [-0.4, -0.2) is 30.1 Å². The van der Waals surface area contributed by atoms with Crippen molar-refractivity contribution in [3.8, 4) is 0 Å². The molecule has 0 aliphatic carbocycles. The molecule has 0 radical (unpaired) electrons. The molecule has 0 spiro atoms. The van der Waals surface area contributed by atoms with Gasteiger partial charge < -0.3 is 9.40 Å². The van der Waals surface area contributed by atoms with Crippen LogP contribution in [0.4, 0.5) is 0 Å². The van der Waals surface area contributed by atoms with E-state index in [0.29, 0.717) is 29.5 Å². The van der Waals surface area contributed by atoms with Crippen molar-refractivity contribution in [2.75, 3.05) is 0 Å². The standard InChI is InChI=1S/C30H33ClN6O2/c1-6-30(4,5)37-28(33-34-35-37)27(24-16-22-14-19(2)20(3)15-26(22)32-29(24)38)36(18-23-11-9-13-39-23)17-21-10-7-8-12-25(21)31/h7-16,27H,6,17-18H2,1-5H3,(H,32,38). The lowest BCUT2D eigenvalue weighted by Crippen LogP contribution is -2.38. The van der Waals surface area contributed by atoms with E-state index in [-0.39, 0.29) is 11.1 Å². The predicted octanol–water partition coefficient (Wildman–Crippen LogP) is 6.31. The average molecular weight is 545 g/mol. The summed E-state index contributed by atoms with van der Waals surface area (Å²) in [5, 5.41) is 14.6. The molecule has 0 saturated heterocycles. The number of aromatic amines is 1. The lowest BCUT2D eigenvalue weighted by atomic mass is 9.98. The number of nitrogens with zero attached hydrogens (tertiary/aromatic N) is 5. The van der Waals surface area contributed by atoms with Gasteiger partial charge in [-0.2, -0.15) is 0 Å². The minimum absolute atomic E-state index is 0.191. The molecule has 0 bridgehead atoms. The van der Waals surface area contributed by atoms with Crippen LogP contribution in [0.15, 0.2) is 70.1 Å². The molecule has 0 saturated carbocycles. The fourth-order valence-electron chi connectivity index (χ4n) is 4.83. The maximum Gasteiger partial charge on any atom is 0.253 e. The predicted molar refractivity (Wildman–Crippen MR) is 153 cm³/mol. The molecule has 39 heavy (non-hydrogen) atoms. The summed E-state index contributed by atoms with van der Waals surface area (Å²) < 4.78 is 7.60. The second-order valence-corrected chi connectivity index (χ2v) is 11.1. The summed E-state index contributed by atoms with van der Waals surface area (Å²) in [6.07, 6.45) is 2.45. The van der Waals surface area contributed by atoms with Gasteiger partial charge in [-0.15, -0.1) is 5.10 Å². The summed E-state index contributed by atoms with van der Waals surface area (Å²) in [4.78, 5) is 19.1. The van der Waals surface area contributed by atoms with Crippen LogP contribution < -0.4 is 5.56 Å². The van der Waals surface area contributed by atoms with E-state index < -0.39 is 6.04 Å². The minimum Gasteiger partial charge on any atom is -0.468 e. The lowest BCUT2D eigenvalue weighted by Gasteiger charge is -2.33. The van der Waals surface area contributed by atoms with Gasteiger partial charge in [-0.1, -0.05) is 36.7 Å². The number of aromatic nitrogens is 5. The zero-order valence-corrected chi connectivity index (χ0v) is 23.7. The molecule has 0 fully saturated rings. The Hall–Kier alpha value is -3.75. The Morgan fingerprint density at radius 1 is 1.08 bits per heavy atom. The highest BCUT2D eigenvalue weighted by atomic mass is 35.5. The molecule has 3 aromatic heterocycles. The number of hydrogen-bond donors (Lipinski definition) is 1. The zero-order chi connectivity index (χ0) is 27.7. The Bertz CT molecular complexity index is 1650. The molecule has 3 heterocycles. The molecule has 5 rings (SSSR count). The average Bonchev–Trinajstić information content (AvgIpc) is 3.60. The molecule has 1 atom stereocenters. The molecule has 0 aliphatic rings. The third-order valence-electron chi connectivity index (χ3n) is 7.59. The summed E-state index contributed by atoms with van der Waals surface area (Å²) in [7, 11) is 0. The van der Waals surface area contributed by atoms with E-state index in [1.807, 2.05) is 60.1 Å². The van der Waals surface area contributed by atoms with Crippen LogP contribution in [0.25, 0.3) is 10.9 Å². The molecule has 9 heteroatoms. The monoisotopic (exact) mass is 544 g/mol. The van der Waals surface area contributed by atoms with Gasteiger partial charge in [0.1, 0.15) is 11.8 Å². The number of benzene rings is 2. The summed E-state index contributed by atoms with van der Waals surface area (Å²) >= 11 is 6.63. The number of halogens is 1. The van der Waals surface area contributed by atoms with E-state index >= 15 is 0 Å². The van der Waals surface area contributed by atoms with Crippen molar-refractivity contribution in [2.24, 2.45) is 0 Å². The Morgan fingerprint density at radius 2 is 1.85 bits per heavy atom. The molecule has 2 aromatic carbocycles. The number of tetrazole rings is 1. The van der Waals surface area contributed by atoms with Gasteiger partial charge in [0, 0.05) is 22.6 Å². The fourth-order valence-corrected chi connectivity index (χ4v) is 5.02. The van der Waals surface area contributed by atoms with Crippen molar-refractivity contribution in [1.29, 1.82) is 0 Å². The van der Waals surface area contributed by atoms with E-state index in [1.165, 1.54) is 0 Å². The number of hydrogen-bond acceptors (Lipinski definition) is 6. The number of rotatable bonds is 9. The van der Waals surface area contributed by atoms with Crippen LogP contribution in [0.2, 0.25) is 5.02 Å². The topological polar surface area (TPSA) is 92.8 Å². The van der Waals surface area contributed by atoms with E-state index in [2.05, 4.69) is 59.2 Å². The van der Waals surface area contributed by atoms with Gasteiger partial charge >= 0.3 is 0 Å². The lowest BCUT2D eigenvalue weighted by molar-refractivity contribution is 0.168. The Balaban J connectivity index is 1.76. The Morgan fingerprint density at radius 3 is 2.56 bits per heavy atom. The second-order valence-electron chi connectivity index (χ2n) is 10.7. The number of pyridine rings is 1. The van der Waals surface area contributed by atoms with Gasteiger partial charge in [-0.3, -0.25) is 9.69 Å². The van der Waals surface area contributed by atoms with Gasteiger partial charge in [-0.05, 0) is 103 Å². The molecule has 202 valence electrons. The van der Waals surface area contributed by atoms with E-state index in [1.54, 1.807) is 6.26 Å². The van der Waals surface area contributed by atoms with Crippen LogP contribution in [0, 0.1) is 13.8 Å². The fraction of sp³-hybridized carbons (Fsp3) is 0.333. The first-order chi connectivity index (χ1) is 18.7. The van der Waals surface area contributed by atoms with E-state index in [4.69, 9.17) is 16.0 Å². The summed E-state index contributed by atoms with van der Waals surface area (Å²) in [6.45, 7) is 11.2. The first-order valence-electron chi connectivity index (χ1n) is 13.1. The van der Waals surface area contributed by atoms with Gasteiger partial charge in [0.15, 0.2) is 5.82 Å². The number of H-pyrrole nitrogens is 1. The summed E-state index contributed by atoms with van der Waals surface area (Å²) in [5.41, 5.74) is 3.97. The highest BCUT2D eigenvalue weighted by molar-refractivity contribution is 6.31. The molecule has 0 aliphatic heterocycles. The van der Waals surface area contributed by atoms with Gasteiger partial charge in [0.25, 0.3) is 5.56 Å². The molecule has 1 N–H and O–H groups in total. The largest absolute Gasteiger partial charge is 0.468 e. The zero-order valence-electron chi connectivity index (χ0n) is 22.9. The summed E-state index contributed by atoms with van der Waals surface area (Å²) in [6, 6.07) is 17.0. The van der Waals surface area contributed by atoms with Crippen LogP contribution in [0.3, 0.4) is 0 Å². The van der Waals surface area contributed by atoms with Crippen molar-refractivity contribution in [3.05, 3.63) is 110 Å². The highest BCUT2D eigenvalue weighted by Crippen LogP contribution is 2.34. The molecular formula is C30H33ClN6O2. The smallest absolute Gasteiger partial charge is 0.253 e. The van der Waals surface area contributed by atoms with E-state index in [0.717, 1.165) is 39.8 Å². The Kier molecular flexibility index (Phi) is 7.42. The van der Waals surface area contributed by atoms with Crippen molar-refractivity contribution in [2.45, 2.75) is 65.7 Å². The number of nitrogens with one attached hydrogen (secondary N) is 1. The SMILES string of the molecule is CCC(C)(C)n1nnnc1C(c1cc2cc(C)c(C)cc2[nH]c1=O)N(Cc1ccco1)Cc1ccccc1Cl. The van der Waals surface area contributed by atoms with Crippen molar-refractivity contribution < 1.29 is 4.42 Å². The first kappa shape index (κ1) is 26.8. The third-order valence-corrected chi connectivity index (χ3v) is 7.96. The van der Waals surface area contributed by atoms with Gasteiger partial charge in [0.2, 0.25) is 0 Å². The van der Waals surface area contributed by atoms with Crippen molar-refractivity contribution in [1.82, 2.24) is 30.1 Å². The van der Waals surface area contributed by atoms with Gasteiger partial charge in [0.05, 0.1) is 18.3 Å². The first-order valence-corrected chi connectivity index (χ1v) is 13.5. The molecule has 5 aromatic rings. The van der Waals surface area contributed by atoms with Gasteiger partial charge in [-0.25, -0.2) is 4.68 Å².